The van der Waals surface area contributed by atoms with Crippen molar-refractivity contribution in [1.82, 2.24) is 35.1 Å². The maximum atomic E-state index is 13.4. The number of nitrogens with one attached hydrogen (secondary N) is 1. The first kappa shape index (κ1) is 33.9. The fraction of sp³-hybridized carbons (Fsp3) is 0.205. The Kier molecular flexibility index (Phi) is 9.02. The molecule has 1 N–H and O–H groups in total. The highest BCUT2D eigenvalue weighted by Gasteiger charge is 2.45. The van der Waals surface area contributed by atoms with E-state index in [2.05, 4.69) is 131 Å². The Hall–Kier alpha value is -6.19. The van der Waals surface area contributed by atoms with Crippen LogP contribution in [0, 0.1) is 0 Å². The van der Waals surface area contributed by atoms with Gasteiger partial charge in [0.05, 0.1) is 18.0 Å². The smallest absolute Gasteiger partial charge is 0.332 e. The van der Waals surface area contributed by atoms with Gasteiger partial charge in [0, 0.05) is 30.6 Å². The van der Waals surface area contributed by atoms with Crippen molar-refractivity contribution in [3.8, 4) is 28.2 Å². The minimum absolute atomic E-state index is 0.300. The average molecular weight is 700 g/mol. The van der Waals surface area contributed by atoms with Crippen molar-refractivity contribution in [2.75, 3.05) is 13.2 Å². The number of hydrogen-bond donors (Lipinski definition) is 1. The van der Waals surface area contributed by atoms with Gasteiger partial charge in [-0.05, 0) is 64.2 Å². The molecule has 0 fully saturated rings. The van der Waals surface area contributed by atoms with Crippen molar-refractivity contribution in [1.29, 1.82) is 0 Å². The van der Waals surface area contributed by atoms with Gasteiger partial charge in [0.1, 0.15) is 11.4 Å². The van der Waals surface area contributed by atoms with E-state index in [0.29, 0.717) is 25.4 Å². The van der Waals surface area contributed by atoms with Gasteiger partial charge in [-0.25, -0.2) is 14.5 Å². The molecule has 0 amide bonds. The maximum Gasteiger partial charge on any atom is 0.332 e. The molecule has 0 saturated carbocycles. The van der Waals surface area contributed by atoms with Crippen molar-refractivity contribution in [3.63, 3.8) is 0 Å². The molecule has 0 radical (unpaired) electrons. The molecular weight excluding hydrogens is 659 g/mol. The van der Waals surface area contributed by atoms with E-state index in [1.807, 2.05) is 48.9 Å². The number of carbonyl (C=O) groups is 1. The SMILES string of the molecule is CCOC(=O)C1(C)NCCc2nc(CC)n(-c3ccc(-c4ccccc4-c4nnnn4C(c4ccccc4)(c4ccccc4)c4ccccc4)cc3)c21. The number of aryl methyl sites for hydroxylation is 1. The summed E-state index contributed by atoms with van der Waals surface area (Å²) in [5, 5.41) is 17.3. The molecule has 3 heterocycles. The van der Waals surface area contributed by atoms with Gasteiger partial charge in [-0.2, -0.15) is 0 Å². The van der Waals surface area contributed by atoms with Gasteiger partial charge in [0.15, 0.2) is 11.4 Å². The van der Waals surface area contributed by atoms with E-state index >= 15 is 0 Å². The second-order valence-corrected chi connectivity index (χ2v) is 13.3. The van der Waals surface area contributed by atoms with E-state index in [0.717, 1.165) is 62.7 Å². The lowest BCUT2D eigenvalue weighted by atomic mass is 9.77. The monoisotopic (exact) mass is 699 g/mol. The predicted octanol–water partition coefficient (Wildman–Crippen LogP) is 7.52. The minimum atomic E-state index is -1.02. The van der Waals surface area contributed by atoms with Crippen LogP contribution in [0.3, 0.4) is 0 Å². The Bertz CT molecular complexity index is 2260. The maximum absolute atomic E-state index is 13.4. The van der Waals surface area contributed by atoms with Crippen LogP contribution in [0.25, 0.3) is 28.2 Å². The van der Waals surface area contributed by atoms with Crippen molar-refractivity contribution in [2.24, 2.45) is 0 Å². The molecular formula is C44H41N7O2. The normalized spacial score (nSPS) is 15.5. The number of esters is 1. The van der Waals surface area contributed by atoms with Crippen molar-refractivity contribution in [3.05, 3.63) is 173 Å². The van der Waals surface area contributed by atoms with Crippen LogP contribution in [0.5, 0.6) is 0 Å². The quantitative estimate of drug-likeness (QED) is 0.117. The number of rotatable bonds is 10. The number of benzene rings is 5. The molecule has 1 atom stereocenters. The van der Waals surface area contributed by atoms with Crippen LogP contribution in [-0.4, -0.2) is 48.9 Å². The highest BCUT2D eigenvalue weighted by molar-refractivity contribution is 5.83. The number of ether oxygens (including phenoxy) is 1. The molecule has 0 spiro atoms. The molecule has 1 unspecified atom stereocenters. The zero-order valence-electron chi connectivity index (χ0n) is 30.1. The highest BCUT2D eigenvalue weighted by Crippen LogP contribution is 2.43. The van der Waals surface area contributed by atoms with E-state index < -0.39 is 11.1 Å². The third-order valence-corrected chi connectivity index (χ3v) is 10.3. The highest BCUT2D eigenvalue weighted by atomic mass is 16.5. The number of tetrazole rings is 1. The molecule has 5 aromatic carbocycles. The molecule has 1 aliphatic rings. The molecule has 264 valence electrons. The second-order valence-electron chi connectivity index (χ2n) is 13.3. The van der Waals surface area contributed by atoms with Crippen LogP contribution < -0.4 is 5.32 Å². The van der Waals surface area contributed by atoms with Crippen LogP contribution in [0.1, 0.15) is 54.7 Å². The van der Waals surface area contributed by atoms with Crippen molar-refractivity contribution < 1.29 is 9.53 Å². The van der Waals surface area contributed by atoms with E-state index in [9.17, 15) is 4.79 Å². The van der Waals surface area contributed by atoms with Crippen molar-refractivity contribution in [2.45, 2.75) is 44.7 Å². The number of fused-ring (bicyclic) bond motifs is 1. The molecule has 0 saturated heterocycles. The summed E-state index contributed by atoms with van der Waals surface area (Å²) in [5.74, 6) is 1.24. The third kappa shape index (κ3) is 5.64. The summed E-state index contributed by atoms with van der Waals surface area (Å²) in [4.78, 5) is 18.4. The Morgan fingerprint density at radius 3 is 1.91 bits per heavy atom. The van der Waals surface area contributed by atoms with Gasteiger partial charge in [-0.15, -0.1) is 5.10 Å². The van der Waals surface area contributed by atoms with E-state index in [4.69, 9.17) is 20.0 Å². The summed E-state index contributed by atoms with van der Waals surface area (Å²) in [7, 11) is 0. The molecule has 2 aromatic heterocycles. The lowest BCUT2D eigenvalue weighted by Gasteiger charge is -2.36. The Labute approximate surface area is 309 Å². The minimum Gasteiger partial charge on any atom is -0.464 e. The number of imidazole rings is 1. The Morgan fingerprint density at radius 2 is 1.34 bits per heavy atom. The summed E-state index contributed by atoms with van der Waals surface area (Å²) < 4.78 is 9.65. The number of aromatic nitrogens is 6. The van der Waals surface area contributed by atoms with E-state index in [1.165, 1.54) is 0 Å². The summed E-state index contributed by atoms with van der Waals surface area (Å²) in [5.41, 5.74) is 6.78. The van der Waals surface area contributed by atoms with E-state index in [-0.39, 0.29) is 5.97 Å². The van der Waals surface area contributed by atoms with E-state index in [1.54, 1.807) is 0 Å². The topological polar surface area (TPSA) is 99.8 Å². The van der Waals surface area contributed by atoms with Crippen molar-refractivity contribution >= 4 is 5.97 Å². The summed E-state index contributed by atoms with van der Waals surface area (Å²) >= 11 is 0. The van der Waals surface area contributed by atoms with Gasteiger partial charge in [-0.3, -0.25) is 9.88 Å². The predicted molar refractivity (Wildman–Crippen MR) is 205 cm³/mol. The van der Waals surface area contributed by atoms with Gasteiger partial charge >= 0.3 is 5.97 Å². The first-order valence-electron chi connectivity index (χ1n) is 18.2. The first-order valence-corrected chi connectivity index (χ1v) is 18.2. The van der Waals surface area contributed by atoms with Crippen LogP contribution in [-0.2, 0) is 33.5 Å². The molecule has 8 rings (SSSR count). The second kappa shape index (κ2) is 14.1. The molecule has 7 aromatic rings. The zero-order valence-corrected chi connectivity index (χ0v) is 30.1. The van der Waals surface area contributed by atoms with Gasteiger partial charge < -0.3 is 4.74 Å². The lowest BCUT2D eigenvalue weighted by molar-refractivity contribution is -0.151. The standard InChI is InChI=1S/C44H41N7O2/c1-4-39-46-38-29-30-45-43(3,42(52)53-5-2)40(38)50(39)35-27-25-31(26-28-35)36-23-15-16-24-37(36)41-47-48-49-51(41)44(32-17-9-6-10-18-32,33-19-11-7-12-20-33)34-21-13-8-14-22-34/h6-28,45H,4-5,29-30H2,1-3H3. The summed E-state index contributed by atoms with van der Waals surface area (Å²) in [6.07, 6.45) is 1.45. The Morgan fingerprint density at radius 1 is 0.774 bits per heavy atom. The number of hydrogen-bond acceptors (Lipinski definition) is 7. The van der Waals surface area contributed by atoms with Crippen LogP contribution in [0.15, 0.2) is 140 Å². The molecule has 0 aliphatic carbocycles. The molecule has 9 nitrogen and oxygen atoms in total. The lowest BCUT2D eigenvalue weighted by Crippen LogP contribution is -2.52. The first-order chi connectivity index (χ1) is 26.0. The van der Waals surface area contributed by atoms with Crippen LogP contribution in [0.2, 0.25) is 0 Å². The molecule has 53 heavy (non-hydrogen) atoms. The Balaban J connectivity index is 1.28. The third-order valence-electron chi connectivity index (χ3n) is 10.3. The van der Waals surface area contributed by atoms with Gasteiger partial charge in [0.25, 0.3) is 0 Å². The van der Waals surface area contributed by atoms with Gasteiger partial charge in [0.2, 0.25) is 0 Å². The molecule has 0 bridgehead atoms. The van der Waals surface area contributed by atoms with Crippen LogP contribution in [0.4, 0.5) is 0 Å². The van der Waals surface area contributed by atoms with Gasteiger partial charge in [-0.1, -0.05) is 134 Å². The number of carbonyl (C=O) groups excluding carboxylic acids is 1. The largest absolute Gasteiger partial charge is 0.464 e. The summed E-state index contributed by atoms with van der Waals surface area (Å²) in [6, 6.07) is 47.9. The summed E-state index contributed by atoms with van der Waals surface area (Å²) in [6.45, 7) is 6.78. The molecule has 1 aliphatic heterocycles. The fourth-order valence-electron chi connectivity index (χ4n) is 7.88. The number of nitrogens with zero attached hydrogens (tertiary/aromatic N) is 6. The molecule has 9 heteroatoms. The zero-order chi connectivity index (χ0) is 36.4. The fourth-order valence-corrected chi connectivity index (χ4v) is 7.88. The van der Waals surface area contributed by atoms with Crippen LogP contribution >= 0.6 is 0 Å². The average Bonchev–Trinajstić information content (AvgIpc) is 3.86.